The molecule has 0 aromatic heterocycles. The molecule has 2 aromatic rings. The van der Waals surface area contributed by atoms with Gasteiger partial charge in [-0.05, 0) is 36.8 Å². The van der Waals surface area contributed by atoms with Gasteiger partial charge in [-0.25, -0.2) is 0 Å². The van der Waals surface area contributed by atoms with Gasteiger partial charge in [0.15, 0.2) is 11.5 Å². The second kappa shape index (κ2) is 10.1. The number of benzene rings is 2. The Kier molecular flexibility index (Phi) is 6.99. The number of thioether (sulfide) groups is 1. The SMILES string of the molecule is CC(NC(=O)CSc1ccccc1)C(=O)N1CCN(Cc2ccc3c(c2)OCO3)CC1. The Bertz CT molecular complexity index is 916. The Morgan fingerprint density at radius 2 is 1.77 bits per heavy atom. The molecular formula is C23H27N3O4S. The van der Waals surface area contributed by atoms with Crippen molar-refractivity contribution in [3.05, 3.63) is 54.1 Å². The molecule has 31 heavy (non-hydrogen) atoms. The van der Waals surface area contributed by atoms with Crippen LogP contribution in [0.5, 0.6) is 11.5 Å². The molecule has 4 rings (SSSR count). The highest BCUT2D eigenvalue weighted by atomic mass is 32.2. The molecular weight excluding hydrogens is 414 g/mol. The molecule has 8 heteroatoms. The fourth-order valence-corrected chi connectivity index (χ4v) is 4.44. The number of hydrogen-bond acceptors (Lipinski definition) is 6. The first-order chi connectivity index (χ1) is 15.1. The average molecular weight is 442 g/mol. The van der Waals surface area contributed by atoms with Crippen molar-refractivity contribution >= 4 is 23.6 Å². The van der Waals surface area contributed by atoms with E-state index in [0.717, 1.165) is 36.0 Å². The van der Waals surface area contributed by atoms with Gasteiger partial charge in [0.05, 0.1) is 5.75 Å². The van der Waals surface area contributed by atoms with Crippen molar-refractivity contribution < 1.29 is 19.1 Å². The van der Waals surface area contributed by atoms with Crippen LogP contribution in [0.2, 0.25) is 0 Å². The van der Waals surface area contributed by atoms with Gasteiger partial charge in [0.2, 0.25) is 18.6 Å². The summed E-state index contributed by atoms with van der Waals surface area (Å²) < 4.78 is 10.8. The summed E-state index contributed by atoms with van der Waals surface area (Å²) in [5.74, 6) is 1.72. The summed E-state index contributed by atoms with van der Waals surface area (Å²) in [5.41, 5.74) is 1.17. The Balaban J connectivity index is 1.20. The number of nitrogens with zero attached hydrogens (tertiary/aromatic N) is 2. The zero-order valence-electron chi connectivity index (χ0n) is 17.6. The Hall–Kier alpha value is -2.71. The minimum absolute atomic E-state index is 0.0270. The molecule has 2 heterocycles. The number of carbonyl (C=O) groups is 2. The molecule has 2 aliphatic heterocycles. The van der Waals surface area contributed by atoms with Crippen LogP contribution in [0.4, 0.5) is 0 Å². The maximum absolute atomic E-state index is 12.8. The minimum atomic E-state index is -0.524. The number of amides is 2. The van der Waals surface area contributed by atoms with Crippen molar-refractivity contribution in [2.75, 3.05) is 38.7 Å². The Morgan fingerprint density at radius 3 is 2.55 bits per heavy atom. The minimum Gasteiger partial charge on any atom is -0.454 e. The molecule has 1 atom stereocenters. The second-order valence-electron chi connectivity index (χ2n) is 7.68. The summed E-state index contributed by atoms with van der Waals surface area (Å²) in [4.78, 5) is 30.2. The first-order valence-corrected chi connectivity index (χ1v) is 11.4. The van der Waals surface area contributed by atoms with Gasteiger partial charge in [0.1, 0.15) is 6.04 Å². The molecule has 0 bridgehead atoms. The van der Waals surface area contributed by atoms with Crippen molar-refractivity contribution in [1.29, 1.82) is 0 Å². The maximum atomic E-state index is 12.8. The fraction of sp³-hybridized carbons (Fsp3) is 0.391. The van der Waals surface area contributed by atoms with Gasteiger partial charge in [0, 0.05) is 37.6 Å². The van der Waals surface area contributed by atoms with E-state index >= 15 is 0 Å². The van der Waals surface area contributed by atoms with E-state index in [1.54, 1.807) is 6.92 Å². The predicted molar refractivity (Wildman–Crippen MR) is 119 cm³/mol. The zero-order chi connectivity index (χ0) is 21.6. The molecule has 2 aliphatic rings. The standard InChI is InChI=1S/C23H27N3O4S/c1-17(24-22(27)15-31-19-5-3-2-4-6-19)23(28)26-11-9-25(10-12-26)14-18-7-8-20-21(13-18)30-16-29-20/h2-8,13,17H,9-12,14-16H2,1H3,(H,24,27). The number of carbonyl (C=O) groups excluding carboxylic acids is 2. The number of hydrogen-bond donors (Lipinski definition) is 1. The van der Waals surface area contributed by atoms with Gasteiger partial charge >= 0.3 is 0 Å². The normalized spacial score (nSPS) is 16.7. The summed E-state index contributed by atoms with van der Waals surface area (Å²) in [6, 6.07) is 15.3. The third-order valence-corrected chi connectivity index (χ3v) is 6.40. The van der Waals surface area contributed by atoms with Crippen molar-refractivity contribution in [3.8, 4) is 11.5 Å². The lowest BCUT2D eigenvalue weighted by atomic mass is 10.1. The molecule has 2 aromatic carbocycles. The molecule has 1 fully saturated rings. The summed E-state index contributed by atoms with van der Waals surface area (Å²) in [6.45, 7) is 5.74. The fourth-order valence-electron chi connectivity index (χ4n) is 3.71. The van der Waals surface area contributed by atoms with E-state index < -0.39 is 6.04 Å². The summed E-state index contributed by atoms with van der Waals surface area (Å²) in [5, 5.41) is 2.83. The van der Waals surface area contributed by atoms with Crippen LogP contribution in [0.3, 0.4) is 0 Å². The molecule has 164 valence electrons. The number of ether oxygens (including phenoxy) is 2. The highest BCUT2D eigenvalue weighted by Gasteiger charge is 2.26. The lowest BCUT2D eigenvalue weighted by molar-refractivity contribution is -0.137. The highest BCUT2D eigenvalue weighted by Crippen LogP contribution is 2.32. The van der Waals surface area contributed by atoms with E-state index in [0.29, 0.717) is 18.8 Å². The van der Waals surface area contributed by atoms with E-state index in [2.05, 4.69) is 16.3 Å². The van der Waals surface area contributed by atoms with Crippen LogP contribution in [0.1, 0.15) is 12.5 Å². The summed E-state index contributed by atoms with van der Waals surface area (Å²) >= 11 is 1.47. The molecule has 0 radical (unpaired) electrons. The van der Waals surface area contributed by atoms with Crippen LogP contribution in [0.15, 0.2) is 53.4 Å². The predicted octanol–water partition coefficient (Wildman–Crippen LogP) is 2.36. The maximum Gasteiger partial charge on any atom is 0.244 e. The molecule has 7 nitrogen and oxygen atoms in total. The average Bonchev–Trinajstić information content (AvgIpc) is 3.26. The lowest BCUT2D eigenvalue weighted by Crippen LogP contribution is -2.54. The first-order valence-electron chi connectivity index (χ1n) is 10.5. The molecule has 0 spiro atoms. The van der Waals surface area contributed by atoms with Gasteiger partial charge in [-0.3, -0.25) is 14.5 Å². The smallest absolute Gasteiger partial charge is 0.244 e. The molecule has 1 N–H and O–H groups in total. The van der Waals surface area contributed by atoms with Gasteiger partial charge in [-0.2, -0.15) is 0 Å². The van der Waals surface area contributed by atoms with E-state index in [1.807, 2.05) is 47.4 Å². The molecule has 0 aliphatic carbocycles. The van der Waals surface area contributed by atoms with E-state index in [4.69, 9.17) is 9.47 Å². The van der Waals surface area contributed by atoms with E-state index in [9.17, 15) is 9.59 Å². The van der Waals surface area contributed by atoms with E-state index in [1.165, 1.54) is 17.3 Å². The lowest BCUT2D eigenvalue weighted by Gasteiger charge is -2.36. The second-order valence-corrected chi connectivity index (χ2v) is 8.73. The van der Waals surface area contributed by atoms with Crippen LogP contribution >= 0.6 is 11.8 Å². The third-order valence-electron chi connectivity index (χ3n) is 5.39. The van der Waals surface area contributed by atoms with Crippen molar-refractivity contribution in [2.45, 2.75) is 24.4 Å². The molecule has 0 saturated carbocycles. The Labute approximate surface area is 186 Å². The van der Waals surface area contributed by atoms with Crippen molar-refractivity contribution in [2.24, 2.45) is 0 Å². The van der Waals surface area contributed by atoms with Gasteiger partial charge in [-0.15, -0.1) is 11.8 Å². The van der Waals surface area contributed by atoms with Crippen LogP contribution in [-0.4, -0.2) is 66.4 Å². The quantitative estimate of drug-likeness (QED) is 0.666. The first kappa shape index (κ1) is 21.5. The van der Waals surface area contributed by atoms with Gasteiger partial charge < -0.3 is 19.7 Å². The number of nitrogens with one attached hydrogen (secondary N) is 1. The van der Waals surface area contributed by atoms with E-state index in [-0.39, 0.29) is 18.6 Å². The van der Waals surface area contributed by atoms with Crippen LogP contribution in [-0.2, 0) is 16.1 Å². The van der Waals surface area contributed by atoms with Crippen molar-refractivity contribution in [3.63, 3.8) is 0 Å². The number of rotatable bonds is 7. The molecule has 1 saturated heterocycles. The van der Waals surface area contributed by atoms with Crippen molar-refractivity contribution in [1.82, 2.24) is 15.1 Å². The topological polar surface area (TPSA) is 71.1 Å². The monoisotopic (exact) mass is 441 g/mol. The summed E-state index contributed by atoms with van der Waals surface area (Å²) in [6.07, 6.45) is 0. The molecule has 1 unspecified atom stereocenters. The number of fused-ring (bicyclic) bond motifs is 1. The van der Waals surface area contributed by atoms with Crippen LogP contribution in [0.25, 0.3) is 0 Å². The largest absolute Gasteiger partial charge is 0.454 e. The number of piperazine rings is 1. The third kappa shape index (κ3) is 5.71. The Morgan fingerprint density at radius 1 is 1.03 bits per heavy atom. The highest BCUT2D eigenvalue weighted by molar-refractivity contribution is 8.00. The zero-order valence-corrected chi connectivity index (χ0v) is 18.4. The molecule has 2 amide bonds. The van der Waals surface area contributed by atoms with Crippen LogP contribution < -0.4 is 14.8 Å². The summed E-state index contributed by atoms with van der Waals surface area (Å²) in [7, 11) is 0. The van der Waals surface area contributed by atoms with Gasteiger partial charge in [-0.1, -0.05) is 24.3 Å². The van der Waals surface area contributed by atoms with Gasteiger partial charge in [0.25, 0.3) is 0 Å². The van der Waals surface area contributed by atoms with Crippen LogP contribution in [0, 0.1) is 0 Å².